The molecule has 0 unspecified atom stereocenters. The Hall–Kier alpha value is -3.24. The molecule has 0 saturated heterocycles. The first-order chi connectivity index (χ1) is 20.5. The smallest absolute Gasteiger partial charge is 0.268 e. The number of benzene rings is 3. The maximum Gasteiger partial charge on any atom is 0.268 e. The van der Waals surface area contributed by atoms with Crippen molar-refractivity contribution in [2.75, 3.05) is 18.8 Å². The van der Waals surface area contributed by atoms with Crippen molar-refractivity contribution in [3.63, 3.8) is 0 Å². The van der Waals surface area contributed by atoms with Crippen molar-refractivity contribution in [3.8, 4) is 16.9 Å². The van der Waals surface area contributed by atoms with Crippen LogP contribution in [0.1, 0.15) is 80.0 Å². The highest BCUT2D eigenvalue weighted by Gasteiger charge is 2.25. The number of sulfonamides is 1. The van der Waals surface area contributed by atoms with Crippen molar-refractivity contribution < 1.29 is 28.2 Å². The zero-order valence-corrected chi connectivity index (χ0v) is 25.9. The van der Waals surface area contributed by atoms with Gasteiger partial charge in [-0.3, -0.25) is 4.79 Å². The number of rotatable bonds is 14. The Labute approximate surface area is 255 Å². The number of ether oxygens (including phenoxy) is 1. The third-order valence-electron chi connectivity index (χ3n) is 7.70. The molecule has 1 saturated carbocycles. The lowest BCUT2D eigenvalue weighted by molar-refractivity contribution is 0.0769. The van der Waals surface area contributed by atoms with Gasteiger partial charge in [0.1, 0.15) is 5.75 Å². The summed E-state index contributed by atoms with van der Waals surface area (Å²) in [4.78, 5) is 13.1. The monoisotopic (exact) mass is 608 g/mol. The van der Waals surface area contributed by atoms with Crippen LogP contribution in [0.2, 0.25) is 0 Å². The summed E-state index contributed by atoms with van der Waals surface area (Å²) >= 11 is 0. The lowest BCUT2D eigenvalue weighted by Gasteiger charge is -2.24. The van der Waals surface area contributed by atoms with E-state index in [0.29, 0.717) is 12.3 Å². The van der Waals surface area contributed by atoms with Crippen molar-refractivity contribution in [2.45, 2.75) is 76.6 Å². The number of nitrogens with one attached hydrogen (secondary N) is 2. The Balaban J connectivity index is 1.42. The molecule has 232 valence electrons. The molecule has 3 aromatic rings. The Kier molecular flexibility index (Phi) is 11.4. The van der Waals surface area contributed by atoms with Gasteiger partial charge in [-0.25, -0.2) is 13.1 Å². The fourth-order valence-electron chi connectivity index (χ4n) is 5.11. The van der Waals surface area contributed by atoms with Crippen molar-refractivity contribution in [1.82, 2.24) is 10.0 Å². The lowest BCUT2D eigenvalue weighted by atomic mass is 9.97. The van der Waals surface area contributed by atoms with E-state index in [9.17, 15) is 23.4 Å². The number of amides is 1. The van der Waals surface area contributed by atoms with Crippen LogP contribution in [0, 0.1) is 0 Å². The van der Waals surface area contributed by atoms with E-state index in [1.807, 2.05) is 48.5 Å². The van der Waals surface area contributed by atoms with Gasteiger partial charge in [0.05, 0.1) is 29.1 Å². The maximum absolute atomic E-state index is 13.1. The molecule has 4 N–H and O–H groups in total. The van der Waals surface area contributed by atoms with E-state index in [1.165, 1.54) is 13.8 Å². The summed E-state index contributed by atoms with van der Waals surface area (Å²) in [6.07, 6.45) is 5.27. The highest BCUT2D eigenvalue weighted by molar-refractivity contribution is 7.90. The van der Waals surface area contributed by atoms with E-state index in [0.717, 1.165) is 67.3 Å². The Bertz CT molecular complexity index is 1430. The van der Waals surface area contributed by atoms with Gasteiger partial charge in [-0.15, -0.1) is 0 Å². The molecule has 1 fully saturated rings. The van der Waals surface area contributed by atoms with Crippen molar-refractivity contribution in [3.05, 3.63) is 89.5 Å². The van der Waals surface area contributed by atoms with Crippen molar-refractivity contribution in [2.24, 2.45) is 0 Å². The van der Waals surface area contributed by atoms with Gasteiger partial charge in [-0.1, -0.05) is 67.1 Å². The molecular weight excluding hydrogens is 564 g/mol. The van der Waals surface area contributed by atoms with Gasteiger partial charge in [0, 0.05) is 6.54 Å². The highest BCUT2D eigenvalue weighted by Crippen LogP contribution is 2.31. The molecule has 8 nitrogen and oxygen atoms in total. The van der Waals surface area contributed by atoms with Crippen LogP contribution < -0.4 is 14.8 Å². The Morgan fingerprint density at radius 3 is 2.33 bits per heavy atom. The number of hydrogen-bond donors (Lipinski definition) is 4. The number of aliphatic hydroxyl groups excluding tert-OH is 1. The van der Waals surface area contributed by atoms with Crippen LogP contribution >= 0.6 is 0 Å². The second kappa shape index (κ2) is 15.0. The molecule has 0 spiro atoms. The second-order valence-corrected chi connectivity index (χ2v) is 13.8. The minimum absolute atomic E-state index is 0.00167. The summed E-state index contributed by atoms with van der Waals surface area (Å²) in [6.45, 7) is 4.26. The predicted octanol–water partition coefficient (Wildman–Crippen LogP) is 5.15. The maximum atomic E-state index is 13.1. The molecule has 4 rings (SSSR count). The van der Waals surface area contributed by atoms with Crippen molar-refractivity contribution in [1.29, 1.82) is 0 Å². The normalized spacial score (nSPS) is 15.2. The van der Waals surface area contributed by atoms with Gasteiger partial charge < -0.3 is 20.3 Å². The quantitative estimate of drug-likeness (QED) is 0.187. The van der Waals surface area contributed by atoms with Crippen LogP contribution in [-0.2, 0) is 16.4 Å². The van der Waals surface area contributed by atoms with Crippen LogP contribution in [0.5, 0.6) is 5.75 Å². The van der Waals surface area contributed by atoms with Gasteiger partial charge in [-0.2, -0.15) is 0 Å². The molecular formula is C34H44N2O6S. The van der Waals surface area contributed by atoms with Gasteiger partial charge in [0.15, 0.2) is 0 Å². The van der Waals surface area contributed by atoms with E-state index in [-0.39, 0.29) is 23.8 Å². The van der Waals surface area contributed by atoms with E-state index >= 15 is 0 Å². The van der Waals surface area contributed by atoms with Crippen LogP contribution in [0.25, 0.3) is 11.1 Å². The number of hydrogen-bond acceptors (Lipinski definition) is 7. The van der Waals surface area contributed by atoms with Gasteiger partial charge >= 0.3 is 0 Å². The summed E-state index contributed by atoms with van der Waals surface area (Å²) in [7, 11) is -3.94. The average Bonchev–Trinajstić information content (AvgIpc) is 2.99. The van der Waals surface area contributed by atoms with Crippen molar-refractivity contribution >= 4 is 15.9 Å². The topological polar surface area (TPSA) is 125 Å². The van der Waals surface area contributed by atoms with Gasteiger partial charge in [0.2, 0.25) is 10.0 Å². The van der Waals surface area contributed by atoms with Gasteiger partial charge in [-0.05, 0) is 93.3 Å². The number of aliphatic hydroxyl groups is 2. The predicted molar refractivity (Wildman–Crippen MR) is 170 cm³/mol. The Morgan fingerprint density at radius 1 is 0.977 bits per heavy atom. The average molecular weight is 609 g/mol. The van der Waals surface area contributed by atoms with Crippen LogP contribution in [0.4, 0.5) is 0 Å². The van der Waals surface area contributed by atoms with E-state index in [1.54, 1.807) is 12.1 Å². The molecule has 1 aliphatic rings. The third kappa shape index (κ3) is 10.5. The third-order valence-corrected chi connectivity index (χ3v) is 8.94. The summed E-state index contributed by atoms with van der Waals surface area (Å²) in [5.41, 5.74) is 2.86. The molecule has 1 amide bonds. The van der Waals surface area contributed by atoms with E-state index in [2.05, 4.69) is 22.2 Å². The molecule has 1 aliphatic carbocycles. The minimum atomic E-state index is -3.94. The Morgan fingerprint density at radius 2 is 1.65 bits per heavy atom. The first-order valence-electron chi connectivity index (χ1n) is 15.1. The summed E-state index contributed by atoms with van der Waals surface area (Å²) < 4.78 is 33.6. The largest absolute Gasteiger partial charge is 0.490 e. The summed E-state index contributed by atoms with van der Waals surface area (Å²) in [5.74, 6) is -0.743. The number of carbonyl (C=O) groups excluding carboxylic acids is 1. The molecule has 0 heterocycles. The molecule has 1 atom stereocenters. The second-order valence-electron chi connectivity index (χ2n) is 12.0. The first kappa shape index (κ1) is 32.7. The fraction of sp³-hybridized carbons (Fsp3) is 0.441. The van der Waals surface area contributed by atoms with E-state index < -0.39 is 27.6 Å². The van der Waals surface area contributed by atoms with E-state index in [4.69, 9.17) is 4.74 Å². The zero-order chi connectivity index (χ0) is 30.9. The standard InChI is InChI=1S/C34H44N2O6S/c1-34(2,39)20-22-43(40,41)36-33(38)30-18-17-28(23-32(30)42-29-11-7-4-8-12-29)26-15-13-25(14-16-26)19-21-35-24-31(37)27-9-5-3-6-10-27/h3,5-6,9-10,13-18,23,29,31,35,37,39H,4,7-8,11-12,19-22,24H2,1-2H3,(H,36,38)/t31-/m0/s1. The first-order valence-corrected chi connectivity index (χ1v) is 16.8. The zero-order valence-electron chi connectivity index (χ0n) is 25.1. The molecule has 43 heavy (non-hydrogen) atoms. The molecule has 0 aromatic heterocycles. The lowest BCUT2D eigenvalue weighted by Crippen LogP contribution is -2.35. The molecule has 3 aromatic carbocycles. The molecule has 0 aliphatic heterocycles. The fourth-order valence-corrected chi connectivity index (χ4v) is 6.37. The summed E-state index contributed by atoms with van der Waals surface area (Å²) in [6, 6.07) is 23.0. The van der Waals surface area contributed by atoms with Crippen LogP contribution in [-0.4, -0.2) is 55.1 Å². The minimum Gasteiger partial charge on any atom is -0.490 e. The SMILES string of the molecule is CC(C)(O)CCS(=O)(=O)NC(=O)c1ccc(-c2ccc(CCNC[C@H](O)c3ccccc3)cc2)cc1OC1CCCCC1. The molecule has 0 radical (unpaired) electrons. The van der Waals surface area contributed by atoms with Gasteiger partial charge in [0.25, 0.3) is 5.91 Å². The molecule has 0 bridgehead atoms. The molecule has 9 heteroatoms. The summed E-state index contributed by atoms with van der Waals surface area (Å²) in [5, 5.41) is 23.6. The number of carbonyl (C=O) groups is 1. The van der Waals surface area contributed by atoms with Crippen LogP contribution in [0.3, 0.4) is 0 Å². The highest BCUT2D eigenvalue weighted by atomic mass is 32.2. The van der Waals surface area contributed by atoms with Crippen LogP contribution in [0.15, 0.2) is 72.8 Å².